The van der Waals surface area contributed by atoms with Crippen LogP contribution in [0.3, 0.4) is 0 Å². The molecule has 1 aromatic carbocycles. The number of rotatable bonds is 1. The molecule has 6 heteroatoms. The van der Waals surface area contributed by atoms with Gasteiger partial charge in [-0.05, 0) is 18.2 Å². The summed E-state index contributed by atoms with van der Waals surface area (Å²) in [6, 6.07) is 6.33. The van der Waals surface area contributed by atoms with Crippen LogP contribution in [-0.4, -0.2) is 25.0 Å². The number of imide groups is 1. The van der Waals surface area contributed by atoms with Gasteiger partial charge in [-0.3, -0.25) is 9.59 Å². The minimum atomic E-state index is -0.500. The summed E-state index contributed by atoms with van der Waals surface area (Å²) >= 11 is 5.80. The molecule has 1 aromatic rings. The highest BCUT2D eigenvalue weighted by Crippen LogP contribution is 2.25. The van der Waals surface area contributed by atoms with E-state index in [1.54, 1.807) is 0 Å². The molecule has 0 atom stereocenters. The topological polar surface area (TPSA) is 70.4 Å². The summed E-state index contributed by atoms with van der Waals surface area (Å²) in [5, 5.41) is 9.29. The van der Waals surface area contributed by atoms with Crippen molar-refractivity contribution in [2.24, 2.45) is 0 Å². The summed E-state index contributed by atoms with van der Waals surface area (Å²) in [4.78, 5) is 24.2. The molecule has 2 rings (SSSR count). The molecule has 1 aliphatic rings. The molecule has 1 saturated heterocycles. The van der Waals surface area contributed by atoms with E-state index in [1.165, 1.54) is 18.2 Å². The fourth-order valence-corrected chi connectivity index (χ4v) is 1.71. The smallest absolute Gasteiger partial charge is 0.259 e. The van der Waals surface area contributed by atoms with Gasteiger partial charge in [0.25, 0.3) is 11.8 Å². The predicted molar refractivity (Wildman–Crippen MR) is 59.5 cm³/mol. The van der Waals surface area contributed by atoms with Gasteiger partial charge in [0.1, 0.15) is 19.3 Å². The Labute approximate surface area is 102 Å². The Hall–Kier alpha value is -1.90. The van der Waals surface area contributed by atoms with Gasteiger partial charge in [-0.15, -0.1) is 0 Å². The van der Waals surface area contributed by atoms with Crippen molar-refractivity contribution in [3.63, 3.8) is 0 Å². The fraction of sp³-hybridized carbons (Fsp3) is 0.182. The normalized spacial score (nSPS) is 15.9. The standard InChI is InChI=1S/C11H7ClN2O3/c12-8-2-1-7(4-13)9(3-8)14-10(15)5-17-6-11(14)16/h1-3H,5-6H2. The lowest BCUT2D eigenvalue weighted by atomic mass is 10.1. The van der Waals surface area contributed by atoms with Crippen molar-refractivity contribution in [2.75, 3.05) is 18.1 Å². The number of carbonyl (C=O) groups excluding carboxylic acids is 2. The molecule has 1 fully saturated rings. The molecule has 2 amide bonds. The first-order valence-corrected chi connectivity index (χ1v) is 5.14. The molecule has 0 bridgehead atoms. The monoisotopic (exact) mass is 250 g/mol. The zero-order valence-corrected chi connectivity index (χ0v) is 9.40. The Balaban J connectivity index is 2.51. The quantitative estimate of drug-likeness (QED) is 0.700. The van der Waals surface area contributed by atoms with Gasteiger partial charge in [0, 0.05) is 5.02 Å². The fourth-order valence-electron chi connectivity index (χ4n) is 1.55. The number of hydrogen-bond donors (Lipinski definition) is 0. The largest absolute Gasteiger partial charge is 0.362 e. The Bertz CT molecular complexity index is 520. The molecule has 1 aliphatic heterocycles. The van der Waals surface area contributed by atoms with Crippen LogP contribution >= 0.6 is 11.6 Å². The molecule has 0 aliphatic carbocycles. The van der Waals surface area contributed by atoms with Crippen LogP contribution in [0.2, 0.25) is 5.02 Å². The molecular weight excluding hydrogens is 244 g/mol. The number of carbonyl (C=O) groups is 2. The number of morpholine rings is 1. The average molecular weight is 251 g/mol. The van der Waals surface area contributed by atoms with Crippen LogP contribution in [0.5, 0.6) is 0 Å². The van der Waals surface area contributed by atoms with E-state index in [0.717, 1.165) is 4.90 Å². The zero-order valence-electron chi connectivity index (χ0n) is 8.64. The molecular formula is C11H7ClN2O3. The number of halogens is 1. The zero-order chi connectivity index (χ0) is 12.4. The Morgan fingerprint density at radius 2 is 1.94 bits per heavy atom. The third kappa shape index (κ3) is 2.13. The maximum Gasteiger partial charge on any atom is 0.259 e. The van der Waals surface area contributed by atoms with Gasteiger partial charge in [0.15, 0.2) is 0 Å². The van der Waals surface area contributed by atoms with Crippen molar-refractivity contribution in [1.82, 2.24) is 0 Å². The van der Waals surface area contributed by atoms with Gasteiger partial charge in [-0.2, -0.15) is 5.26 Å². The molecule has 0 spiro atoms. The number of hydrogen-bond acceptors (Lipinski definition) is 4. The van der Waals surface area contributed by atoms with Gasteiger partial charge in [-0.1, -0.05) is 11.6 Å². The van der Waals surface area contributed by atoms with E-state index in [2.05, 4.69) is 0 Å². The highest BCUT2D eigenvalue weighted by molar-refractivity contribution is 6.31. The second kappa shape index (κ2) is 4.53. The summed E-state index contributed by atoms with van der Waals surface area (Å²) in [5.41, 5.74) is 0.427. The lowest BCUT2D eigenvalue weighted by Gasteiger charge is -2.25. The van der Waals surface area contributed by atoms with E-state index in [-0.39, 0.29) is 24.5 Å². The van der Waals surface area contributed by atoms with Crippen LogP contribution in [0.4, 0.5) is 5.69 Å². The first-order chi connectivity index (χ1) is 8.13. The van der Waals surface area contributed by atoms with E-state index in [0.29, 0.717) is 5.02 Å². The molecule has 0 radical (unpaired) electrons. The van der Waals surface area contributed by atoms with E-state index >= 15 is 0 Å². The second-order valence-corrected chi connectivity index (χ2v) is 3.83. The van der Waals surface area contributed by atoms with Gasteiger partial charge in [0.05, 0.1) is 11.3 Å². The molecule has 17 heavy (non-hydrogen) atoms. The van der Waals surface area contributed by atoms with Crippen molar-refractivity contribution < 1.29 is 14.3 Å². The van der Waals surface area contributed by atoms with Crippen LogP contribution in [0.1, 0.15) is 5.56 Å². The maximum atomic E-state index is 11.6. The van der Waals surface area contributed by atoms with E-state index in [4.69, 9.17) is 21.6 Å². The third-order valence-electron chi connectivity index (χ3n) is 2.27. The van der Waals surface area contributed by atoms with Crippen LogP contribution < -0.4 is 4.90 Å². The Morgan fingerprint density at radius 1 is 1.29 bits per heavy atom. The summed E-state index contributed by atoms with van der Waals surface area (Å²) in [6.07, 6.45) is 0. The highest BCUT2D eigenvalue weighted by Gasteiger charge is 2.29. The van der Waals surface area contributed by atoms with E-state index < -0.39 is 11.8 Å². The van der Waals surface area contributed by atoms with E-state index in [9.17, 15) is 9.59 Å². The van der Waals surface area contributed by atoms with Crippen LogP contribution in [0.15, 0.2) is 18.2 Å². The maximum absolute atomic E-state index is 11.6. The minimum absolute atomic E-state index is 0.177. The first-order valence-electron chi connectivity index (χ1n) is 4.76. The van der Waals surface area contributed by atoms with Crippen molar-refractivity contribution in [3.05, 3.63) is 28.8 Å². The van der Waals surface area contributed by atoms with Crippen molar-refractivity contribution >= 4 is 29.1 Å². The second-order valence-electron chi connectivity index (χ2n) is 3.39. The minimum Gasteiger partial charge on any atom is -0.362 e. The summed E-state index contributed by atoms with van der Waals surface area (Å²) in [5.74, 6) is -1.000. The summed E-state index contributed by atoms with van der Waals surface area (Å²) < 4.78 is 4.79. The van der Waals surface area contributed by atoms with Crippen LogP contribution in [0, 0.1) is 11.3 Å². The average Bonchev–Trinajstić information content (AvgIpc) is 2.29. The molecule has 0 saturated carbocycles. The van der Waals surface area contributed by atoms with Gasteiger partial charge in [0.2, 0.25) is 0 Å². The lowest BCUT2D eigenvalue weighted by Crippen LogP contribution is -2.46. The number of nitrogens with zero attached hydrogens (tertiary/aromatic N) is 2. The third-order valence-corrected chi connectivity index (χ3v) is 2.51. The Kier molecular flexibility index (Phi) is 3.09. The van der Waals surface area contributed by atoms with Crippen LogP contribution in [0.25, 0.3) is 0 Å². The highest BCUT2D eigenvalue weighted by atomic mass is 35.5. The van der Waals surface area contributed by atoms with Gasteiger partial charge in [-0.25, -0.2) is 4.90 Å². The molecule has 1 heterocycles. The Morgan fingerprint density at radius 3 is 2.53 bits per heavy atom. The number of ether oxygens (including phenoxy) is 1. The van der Waals surface area contributed by atoms with E-state index in [1.807, 2.05) is 6.07 Å². The predicted octanol–water partition coefficient (Wildman–Crippen LogP) is 1.10. The molecule has 0 aromatic heterocycles. The molecule has 0 N–H and O–H groups in total. The number of amides is 2. The molecule has 5 nitrogen and oxygen atoms in total. The molecule has 0 unspecified atom stereocenters. The number of nitriles is 1. The first kappa shape index (κ1) is 11.6. The lowest BCUT2D eigenvalue weighted by molar-refractivity contribution is -0.138. The van der Waals surface area contributed by atoms with Gasteiger partial charge < -0.3 is 4.74 Å². The number of anilines is 1. The van der Waals surface area contributed by atoms with Gasteiger partial charge >= 0.3 is 0 Å². The SMILES string of the molecule is N#Cc1ccc(Cl)cc1N1C(=O)COCC1=O. The van der Waals surface area contributed by atoms with Crippen molar-refractivity contribution in [2.45, 2.75) is 0 Å². The molecule has 86 valence electrons. The van der Waals surface area contributed by atoms with Crippen molar-refractivity contribution in [1.29, 1.82) is 5.26 Å². The van der Waals surface area contributed by atoms with Crippen LogP contribution in [-0.2, 0) is 14.3 Å². The summed E-state index contributed by atoms with van der Waals surface area (Å²) in [6.45, 7) is -0.355. The number of benzene rings is 1. The summed E-state index contributed by atoms with van der Waals surface area (Å²) in [7, 11) is 0. The van der Waals surface area contributed by atoms with Crippen molar-refractivity contribution in [3.8, 4) is 6.07 Å².